The highest BCUT2D eigenvalue weighted by atomic mass is 16.2. The Morgan fingerprint density at radius 2 is 1.83 bits per heavy atom. The first-order valence-electron chi connectivity index (χ1n) is 10.7. The summed E-state index contributed by atoms with van der Waals surface area (Å²) >= 11 is 0. The van der Waals surface area contributed by atoms with Gasteiger partial charge in [0.05, 0.1) is 25.6 Å². The Morgan fingerprint density at radius 3 is 2.57 bits per heavy atom. The molecular formula is C22H30N4O4. The van der Waals surface area contributed by atoms with Crippen molar-refractivity contribution in [2.45, 2.75) is 44.6 Å². The Morgan fingerprint density at radius 1 is 1.03 bits per heavy atom. The second kappa shape index (κ2) is 10.8. The number of carbonyl (C=O) groups is 4. The number of nitrogens with zero attached hydrogens (tertiary/aromatic N) is 2. The van der Waals surface area contributed by atoms with E-state index in [1.165, 1.54) is 4.90 Å². The van der Waals surface area contributed by atoms with E-state index >= 15 is 0 Å². The van der Waals surface area contributed by atoms with Gasteiger partial charge in [-0.1, -0.05) is 30.3 Å². The molecule has 3 rings (SSSR count). The van der Waals surface area contributed by atoms with Gasteiger partial charge >= 0.3 is 0 Å². The number of rotatable bonds is 5. The summed E-state index contributed by atoms with van der Waals surface area (Å²) in [5, 5.41) is 5.57. The highest BCUT2D eigenvalue weighted by molar-refractivity contribution is 5.89. The summed E-state index contributed by atoms with van der Waals surface area (Å²) in [5.41, 5.74) is 0.899. The van der Waals surface area contributed by atoms with Gasteiger partial charge in [0.25, 0.3) is 0 Å². The summed E-state index contributed by atoms with van der Waals surface area (Å²) in [6, 6.07) is 9.14. The van der Waals surface area contributed by atoms with Gasteiger partial charge in [0.2, 0.25) is 23.6 Å². The second-order valence-corrected chi connectivity index (χ2v) is 7.82. The average molecular weight is 415 g/mol. The molecule has 162 valence electrons. The maximum absolute atomic E-state index is 13.1. The number of amides is 4. The monoisotopic (exact) mass is 414 g/mol. The smallest absolute Gasteiger partial charge is 0.242 e. The molecule has 8 heteroatoms. The molecule has 2 heterocycles. The van der Waals surface area contributed by atoms with E-state index in [0.717, 1.165) is 31.2 Å². The van der Waals surface area contributed by atoms with Crippen molar-refractivity contribution >= 4 is 23.6 Å². The fourth-order valence-electron chi connectivity index (χ4n) is 3.97. The molecule has 2 N–H and O–H groups in total. The van der Waals surface area contributed by atoms with Crippen molar-refractivity contribution in [3.63, 3.8) is 0 Å². The lowest BCUT2D eigenvalue weighted by molar-refractivity contribution is -0.137. The van der Waals surface area contributed by atoms with Crippen molar-refractivity contribution < 1.29 is 19.2 Å². The molecule has 1 atom stereocenters. The molecule has 0 aromatic heterocycles. The molecule has 1 unspecified atom stereocenters. The van der Waals surface area contributed by atoms with Crippen LogP contribution in [0, 0.1) is 0 Å². The predicted molar refractivity (Wildman–Crippen MR) is 111 cm³/mol. The van der Waals surface area contributed by atoms with Crippen LogP contribution in [0.1, 0.15) is 50.1 Å². The van der Waals surface area contributed by atoms with Gasteiger partial charge < -0.3 is 20.4 Å². The lowest BCUT2D eigenvalue weighted by Crippen LogP contribution is -2.46. The summed E-state index contributed by atoms with van der Waals surface area (Å²) < 4.78 is 0. The third-order valence-corrected chi connectivity index (χ3v) is 5.60. The molecule has 2 fully saturated rings. The maximum Gasteiger partial charge on any atom is 0.242 e. The third-order valence-electron chi connectivity index (χ3n) is 5.60. The van der Waals surface area contributed by atoms with E-state index in [1.54, 1.807) is 4.90 Å². The minimum atomic E-state index is -0.381. The second-order valence-electron chi connectivity index (χ2n) is 7.82. The Labute approximate surface area is 177 Å². The van der Waals surface area contributed by atoms with Crippen molar-refractivity contribution in [3.05, 3.63) is 35.9 Å². The summed E-state index contributed by atoms with van der Waals surface area (Å²) in [6.07, 6.45) is 4.05. The number of nitrogens with one attached hydrogen (secondary N) is 2. The minimum absolute atomic E-state index is 0.0172. The molecule has 0 radical (unpaired) electrons. The first-order valence-corrected chi connectivity index (χ1v) is 10.7. The van der Waals surface area contributed by atoms with Crippen LogP contribution in [0.5, 0.6) is 0 Å². The van der Waals surface area contributed by atoms with Gasteiger partial charge in [-0.05, 0) is 31.2 Å². The zero-order valence-corrected chi connectivity index (χ0v) is 17.3. The van der Waals surface area contributed by atoms with Gasteiger partial charge in [-0.25, -0.2) is 0 Å². The number of carbonyl (C=O) groups excluding carboxylic acids is 4. The van der Waals surface area contributed by atoms with Crippen molar-refractivity contribution in [2.75, 3.05) is 32.7 Å². The van der Waals surface area contributed by atoms with Gasteiger partial charge in [-0.15, -0.1) is 0 Å². The zero-order valence-electron chi connectivity index (χ0n) is 17.3. The Kier molecular flexibility index (Phi) is 7.82. The Balaban J connectivity index is 1.67. The van der Waals surface area contributed by atoms with Crippen molar-refractivity contribution in [1.82, 2.24) is 20.4 Å². The highest BCUT2D eigenvalue weighted by Crippen LogP contribution is 2.25. The lowest BCUT2D eigenvalue weighted by atomic mass is 10.00. The molecule has 4 amide bonds. The predicted octanol–water partition coefficient (Wildman–Crippen LogP) is 0.985. The summed E-state index contributed by atoms with van der Waals surface area (Å²) in [6.45, 7) is 1.60. The standard InChI is InChI=1S/C22H30N4O4/c27-19-14-18(17-8-3-1-4-9-17)26(13-6-2-5-11-23-19)22(30)15-24-20(28)16-25-12-7-10-21(25)29/h1,3-4,8-9,18H,2,5-7,10-16H2,(H,23,27)(H,24,28). The molecule has 0 spiro atoms. The van der Waals surface area contributed by atoms with Gasteiger partial charge in [0, 0.05) is 26.1 Å². The van der Waals surface area contributed by atoms with Crippen LogP contribution in [0.25, 0.3) is 0 Å². The fourth-order valence-corrected chi connectivity index (χ4v) is 3.97. The summed E-state index contributed by atoms with van der Waals surface area (Å²) in [4.78, 5) is 52.6. The third kappa shape index (κ3) is 6.05. The van der Waals surface area contributed by atoms with Crippen molar-refractivity contribution in [1.29, 1.82) is 0 Å². The van der Waals surface area contributed by atoms with Crippen LogP contribution in [0.3, 0.4) is 0 Å². The van der Waals surface area contributed by atoms with Crippen LogP contribution < -0.4 is 10.6 Å². The normalized spacial score (nSPS) is 20.6. The number of hydrogen-bond acceptors (Lipinski definition) is 4. The van der Waals surface area contributed by atoms with E-state index < -0.39 is 0 Å². The van der Waals surface area contributed by atoms with Gasteiger partial charge in [0.1, 0.15) is 0 Å². The first kappa shape index (κ1) is 21.8. The molecule has 0 bridgehead atoms. The van der Waals surface area contributed by atoms with E-state index in [4.69, 9.17) is 0 Å². The van der Waals surface area contributed by atoms with E-state index in [1.807, 2.05) is 30.3 Å². The fraction of sp³-hybridized carbons (Fsp3) is 0.545. The summed E-state index contributed by atoms with van der Waals surface area (Å²) in [7, 11) is 0. The largest absolute Gasteiger partial charge is 0.356 e. The van der Waals surface area contributed by atoms with Crippen LogP contribution in [-0.2, 0) is 19.2 Å². The molecule has 0 saturated carbocycles. The molecule has 2 aliphatic rings. The van der Waals surface area contributed by atoms with Crippen LogP contribution in [0.4, 0.5) is 0 Å². The first-order chi connectivity index (χ1) is 14.5. The Hall–Kier alpha value is -2.90. The van der Waals surface area contributed by atoms with Crippen LogP contribution in [-0.4, -0.2) is 66.2 Å². The molecule has 8 nitrogen and oxygen atoms in total. The van der Waals surface area contributed by atoms with E-state index in [0.29, 0.717) is 26.1 Å². The van der Waals surface area contributed by atoms with E-state index in [-0.39, 0.29) is 49.2 Å². The molecule has 30 heavy (non-hydrogen) atoms. The molecule has 1 aromatic carbocycles. The molecule has 0 aliphatic carbocycles. The topological polar surface area (TPSA) is 98.8 Å². The van der Waals surface area contributed by atoms with Gasteiger partial charge in [0.15, 0.2) is 0 Å². The highest BCUT2D eigenvalue weighted by Gasteiger charge is 2.28. The quantitative estimate of drug-likeness (QED) is 0.751. The number of likely N-dealkylation sites (tertiary alicyclic amines) is 1. The minimum Gasteiger partial charge on any atom is -0.356 e. The average Bonchev–Trinajstić information content (AvgIpc) is 3.15. The SMILES string of the molecule is O=C1CC(c2ccccc2)N(C(=O)CNC(=O)CN2CCCC2=O)CCCCCN1. The van der Waals surface area contributed by atoms with Crippen LogP contribution in [0.2, 0.25) is 0 Å². The van der Waals surface area contributed by atoms with Crippen molar-refractivity contribution in [3.8, 4) is 0 Å². The van der Waals surface area contributed by atoms with Gasteiger partial charge in [-0.3, -0.25) is 19.2 Å². The van der Waals surface area contributed by atoms with E-state index in [2.05, 4.69) is 10.6 Å². The number of hydrogen-bond donors (Lipinski definition) is 2. The van der Waals surface area contributed by atoms with Gasteiger partial charge in [-0.2, -0.15) is 0 Å². The molecular weight excluding hydrogens is 384 g/mol. The number of benzene rings is 1. The lowest BCUT2D eigenvalue weighted by Gasteiger charge is -2.33. The maximum atomic E-state index is 13.1. The molecule has 2 saturated heterocycles. The van der Waals surface area contributed by atoms with E-state index in [9.17, 15) is 19.2 Å². The summed E-state index contributed by atoms with van der Waals surface area (Å²) in [5.74, 6) is -0.671. The zero-order chi connectivity index (χ0) is 21.3. The van der Waals surface area contributed by atoms with Crippen molar-refractivity contribution in [2.24, 2.45) is 0 Å². The van der Waals surface area contributed by atoms with Crippen LogP contribution >= 0.6 is 0 Å². The molecule has 1 aromatic rings. The Bertz CT molecular complexity index is 768. The van der Waals surface area contributed by atoms with Crippen LogP contribution in [0.15, 0.2) is 30.3 Å². The molecule has 2 aliphatic heterocycles.